The number of sulfonamides is 1. The second-order valence-corrected chi connectivity index (χ2v) is 9.05. The number of piperidine rings is 1. The second-order valence-electron chi connectivity index (χ2n) is 7.14. The molecule has 0 unspecified atom stereocenters. The Bertz CT molecular complexity index is 938. The van der Waals surface area contributed by atoms with Crippen molar-refractivity contribution in [2.75, 3.05) is 33.9 Å². The largest absolute Gasteiger partial charge is 0.497 e. The van der Waals surface area contributed by atoms with Gasteiger partial charge in [0.2, 0.25) is 15.9 Å². The molecule has 164 valence electrons. The molecule has 1 N–H and O–H groups in total. The van der Waals surface area contributed by atoms with Crippen molar-refractivity contribution in [2.24, 2.45) is 5.92 Å². The van der Waals surface area contributed by atoms with Crippen molar-refractivity contribution in [3.05, 3.63) is 36.9 Å². The van der Waals surface area contributed by atoms with Gasteiger partial charge in [0.1, 0.15) is 16.4 Å². The Balaban J connectivity index is 1.53. The number of amides is 1. The number of carbonyl (C=O) groups excluding carboxylic acids is 1. The molecule has 0 atom stereocenters. The van der Waals surface area contributed by atoms with E-state index >= 15 is 0 Å². The summed E-state index contributed by atoms with van der Waals surface area (Å²) < 4.78 is 40.0. The average Bonchev–Trinajstić information content (AvgIpc) is 3.29. The summed E-state index contributed by atoms with van der Waals surface area (Å²) in [6.45, 7) is 1.95. The average molecular weight is 437 g/mol. The van der Waals surface area contributed by atoms with Crippen molar-refractivity contribution in [1.29, 1.82) is 0 Å². The number of hydrogen-bond donors (Lipinski definition) is 1. The maximum Gasteiger partial charge on any atom is 0.246 e. The molecular weight excluding hydrogens is 408 g/mol. The zero-order valence-electron chi connectivity index (χ0n) is 17.3. The molecule has 1 amide bonds. The lowest BCUT2D eigenvalue weighted by molar-refractivity contribution is -0.126. The molecule has 2 aromatic rings. The van der Waals surface area contributed by atoms with Gasteiger partial charge in [0, 0.05) is 50.6 Å². The first kappa shape index (κ1) is 22.1. The summed E-state index contributed by atoms with van der Waals surface area (Å²) in [7, 11) is -0.826. The summed E-state index contributed by atoms with van der Waals surface area (Å²) in [6.07, 6.45) is 7.13. The molecule has 1 aliphatic rings. The number of benzene rings is 1. The van der Waals surface area contributed by atoms with Crippen molar-refractivity contribution >= 4 is 15.9 Å². The quantitative estimate of drug-likeness (QED) is 0.598. The molecule has 0 aliphatic carbocycles. The molecule has 1 aliphatic heterocycles. The molecule has 2 heterocycles. The zero-order valence-corrected chi connectivity index (χ0v) is 18.1. The molecule has 1 aromatic carbocycles. The van der Waals surface area contributed by atoms with Gasteiger partial charge >= 0.3 is 0 Å². The van der Waals surface area contributed by atoms with Gasteiger partial charge in [-0.2, -0.15) is 4.31 Å². The molecule has 30 heavy (non-hydrogen) atoms. The van der Waals surface area contributed by atoms with Crippen molar-refractivity contribution in [2.45, 2.75) is 30.7 Å². The van der Waals surface area contributed by atoms with Gasteiger partial charge < -0.3 is 19.4 Å². The van der Waals surface area contributed by atoms with Crippen LogP contribution in [0, 0.1) is 5.92 Å². The van der Waals surface area contributed by atoms with Crippen LogP contribution in [0.5, 0.6) is 11.5 Å². The van der Waals surface area contributed by atoms with Gasteiger partial charge in [-0.1, -0.05) is 0 Å². The maximum absolute atomic E-state index is 13.1. The van der Waals surface area contributed by atoms with E-state index in [1.807, 2.05) is 10.8 Å². The standard InChI is InChI=1S/C20H28N4O5S/c1-28-17-4-5-18(29-2)19(14-17)30(26,27)24-11-6-16(7-12-24)20(25)22-8-3-10-23-13-9-21-15-23/h4-5,9,13-16H,3,6-8,10-12H2,1-2H3,(H,22,25). The first-order valence-electron chi connectivity index (χ1n) is 9.91. The lowest BCUT2D eigenvalue weighted by atomic mass is 9.97. The van der Waals surface area contributed by atoms with Crippen LogP contribution in [-0.2, 0) is 21.4 Å². The van der Waals surface area contributed by atoms with E-state index in [9.17, 15) is 13.2 Å². The molecule has 1 aromatic heterocycles. The van der Waals surface area contributed by atoms with E-state index in [4.69, 9.17) is 9.47 Å². The van der Waals surface area contributed by atoms with Gasteiger partial charge in [0.15, 0.2) is 0 Å². The monoisotopic (exact) mass is 436 g/mol. The van der Waals surface area contributed by atoms with Gasteiger partial charge in [-0.3, -0.25) is 4.79 Å². The second kappa shape index (κ2) is 9.94. The Labute approximate surface area is 177 Å². The lowest BCUT2D eigenvalue weighted by Crippen LogP contribution is -2.43. The van der Waals surface area contributed by atoms with Crippen LogP contribution in [0.15, 0.2) is 41.8 Å². The number of aryl methyl sites for hydroxylation is 1. The minimum atomic E-state index is -3.74. The van der Waals surface area contributed by atoms with E-state index in [-0.39, 0.29) is 35.6 Å². The summed E-state index contributed by atoms with van der Waals surface area (Å²) in [5.74, 6) is 0.515. The van der Waals surface area contributed by atoms with Crippen molar-refractivity contribution < 1.29 is 22.7 Å². The fraction of sp³-hybridized carbons (Fsp3) is 0.500. The Morgan fingerprint density at radius 3 is 2.63 bits per heavy atom. The van der Waals surface area contributed by atoms with Crippen LogP contribution < -0.4 is 14.8 Å². The smallest absolute Gasteiger partial charge is 0.246 e. The highest BCUT2D eigenvalue weighted by Crippen LogP contribution is 2.32. The number of nitrogens with zero attached hydrogens (tertiary/aromatic N) is 3. The topological polar surface area (TPSA) is 103 Å². The number of carbonyl (C=O) groups is 1. The number of rotatable bonds is 9. The van der Waals surface area contributed by atoms with Crippen molar-refractivity contribution in [3.63, 3.8) is 0 Å². The van der Waals surface area contributed by atoms with E-state index in [1.54, 1.807) is 24.7 Å². The summed E-state index contributed by atoms with van der Waals surface area (Å²) in [4.78, 5) is 16.5. The van der Waals surface area contributed by atoms with Crippen LogP contribution in [0.3, 0.4) is 0 Å². The fourth-order valence-corrected chi connectivity index (χ4v) is 5.16. The van der Waals surface area contributed by atoms with Gasteiger partial charge in [-0.05, 0) is 31.4 Å². The minimum absolute atomic E-state index is 0.0170. The van der Waals surface area contributed by atoms with Crippen LogP contribution in [0.1, 0.15) is 19.3 Å². The fourth-order valence-electron chi connectivity index (χ4n) is 3.52. The first-order valence-corrected chi connectivity index (χ1v) is 11.4. The first-order chi connectivity index (χ1) is 14.5. The molecule has 1 saturated heterocycles. The molecule has 1 fully saturated rings. The summed E-state index contributed by atoms with van der Waals surface area (Å²) in [6, 6.07) is 4.70. The highest BCUT2D eigenvalue weighted by molar-refractivity contribution is 7.89. The molecule has 0 saturated carbocycles. The molecule has 3 rings (SSSR count). The Morgan fingerprint density at radius 1 is 1.23 bits per heavy atom. The number of nitrogens with one attached hydrogen (secondary N) is 1. The van der Waals surface area contributed by atoms with Crippen molar-refractivity contribution in [3.8, 4) is 11.5 Å². The Hall–Kier alpha value is -2.59. The highest BCUT2D eigenvalue weighted by Gasteiger charge is 2.33. The summed E-state index contributed by atoms with van der Waals surface area (Å²) in [5.41, 5.74) is 0. The van der Waals surface area contributed by atoms with Gasteiger partial charge in [-0.25, -0.2) is 13.4 Å². The molecule has 10 heteroatoms. The number of hydrogen-bond acceptors (Lipinski definition) is 6. The van der Waals surface area contributed by atoms with E-state index in [1.165, 1.54) is 24.6 Å². The predicted octanol–water partition coefficient (Wildman–Crippen LogP) is 1.51. The van der Waals surface area contributed by atoms with Gasteiger partial charge in [0.05, 0.1) is 20.5 Å². The minimum Gasteiger partial charge on any atom is -0.497 e. The van der Waals surface area contributed by atoms with Crippen LogP contribution in [0.25, 0.3) is 0 Å². The number of imidazole rings is 1. The third kappa shape index (κ3) is 5.11. The van der Waals surface area contributed by atoms with Crippen LogP contribution in [-0.4, -0.2) is 62.0 Å². The van der Waals surface area contributed by atoms with E-state index in [0.717, 1.165) is 13.0 Å². The predicted molar refractivity (Wildman–Crippen MR) is 111 cm³/mol. The Kier molecular flexibility index (Phi) is 7.33. The van der Waals surface area contributed by atoms with Crippen LogP contribution in [0.4, 0.5) is 0 Å². The number of ether oxygens (including phenoxy) is 2. The molecule has 0 radical (unpaired) electrons. The number of aromatic nitrogens is 2. The molecule has 9 nitrogen and oxygen atoms in total. The highest BCUT2D eigenvalue weighted by atomic mass is 32.2. The van der Waals surface area contributed by atoms with E-state index in [2.05, 4.69) is 10.3 Å². The van der Waals surface area contributed by atoms with Crippen molar-refractivity contribution in [1.82, 2.24) is 19.2 Å². The molecule has 0 spiro atoms. The maximum atomic E-state index is 13.1. The third-order valence-electron chi connectivity index (χ3n) is 5.26. The van der Waals surface area contributed by atoms with Gasteiger partial charge in [-0.15, -0.1) is 0 Å². The molecule has 0 bridgehead atoms. The normalized spacial score (nSPS) is 15.7. The van der Waals surface area contributed by atoms with Gasteiger partial charge in [0.25, 0.3) is 0 Å². The molecular formula is C20H28N4O5S. The van der Waals surface area contributed by atoms with E-state index < -0.39 is 10.0 Å². The van der Waals surface area contributed by atoms with E-state index in [0.29, 0.717) is 25.1 Å². The SMILES string of the molecule is COc1ccc(OC)c(S(=O)(=O)N2CCC(C(=O)NCCCn3ccnc3)CC2)c1. The Morgan fingerprint density at radius 2 is 2.00 bits per heavy atom. The summed E-state index contributed by atoms with van der Waals surface area (Å²) >= 11 is 0. The van der Waals surface area contributed by atoms with Crippen LogP contribution >= 0.6 is 0 Å². The van der Waals surface area contributed by atoms with Crippen LogP contribution in [0.2, 0.25) is 0 Å². The lowest BCUT2D eigenvalue weighted by Gasteiger charge is -2.31. The third-order valence-corrected chi connectivity index (χ3v) is 7.18. The number of methoxy groups -OCH3 is 2. The zero-order chi connectivity index (χ0) is 21.6. The summed E-state index contributed by atoms with van der Waals surface area (Å²) in [5, 5.41) is 2.96.